The van der Waals surface area contributed by atoms with Crippen molar-refractivity contribution in [3.8, 4) is 0 Å². The monoisotopic (exact) mass is 547 g/mol. The summed E-state index contributed by atoms with van der Waals surface area (Å²) in [4.78, 5) is 29.6. The molecule has 1 heterocycles. The van der Waals surface area contributed by atoms with Crippen LogP contribution in [0, 0.1) is 17.6 Å². The zero-order valence-corrected chi connectivity index (χ0v) is 22.0. The van der Waals surface area contributed by atoms with Gasteiger partial charge in [0.1, 0.15) is 23.2 Å². The Kier molecular flexibility index (Phi) is 7.85. The number of rotatable bonds is 8. The number of nitrogens with one attached hydrogen (secondary N) is 3. The normalized spacial score (nSPS) is 18.6. The highest BCUT2D eigenvalue weighted by Crippen LogP contribution is 2.37. The number of hydrogen-bond donors (Lipinski definition) is 4. The van der Waals surface area contributed by atoms with E-state index in [9.17, 15) is 23.5 Å². The van der Waals surface area contributed by atoms with Gasteiger partial charge in [0.2, 0.25) is 5.91 Å². The fraction of sp³-hybridized carbons (Fsp3) is 0.370. The third-order valence-corrected chi connectivity index (χ3v) is 7.75. The molecule has 0 spiro atoms. The molecule has 1 aliphatic rings. The highest BCUT2D eigenvalue weighted by Gasteiger charge is 2.45. The third-order valence-electron chi connectivity index (χ3n) is 7.19. The molecule has 0 radical (unpaired) electrons. The van der Waals surface area contributed by atoms with Crippen LogP contribution in [0.15, 0.2) is 36.4 Å². The molecule has 4 N–H and O–H groups in total. The van der Waals surface area contributed by atoms with Crippen molar-refractivity contribution in [1.82, 2.24) is 15.6 Å². The first-order chi connectivity index (χ1) is 17.5. The maximum atomic E-state index is 14.1. The fourth-order valence-electron chi connectivity index (χ4n) is 4.87. The lowest BCUT2D eigenvalue weighted by atomic mass is 9.79. The van der Waals surface area contributed by atoms with E-state index in [1.165, 1.54) is 18.2 Å². The van der Waals surface area contributed by atoms with E-state index in [4.69, 9.17) is 23.8 Å². The second kappa shape index (κ2) is 10.8. The van der Waals surface area contributed by atoms with Crippen molar-refractivity contribution in [2.45, 2.75) is 57.5 Å². The van der Waals surface area contributed by atoms with Gasteiger partial charge in [-0.1, -0.05) is 62.3 Å². The first kappa shape index (κ1) is 27.0. The van der Waals surface area contributed by atoms with E-state index in [0.717, 1.165) is 5.69 Å². The number of H-pyrrole nitrogens is 1. The average molecular weight is 548 g/mol. The number of carboxylic acids is 1. The molecule has 0 fully saturated rings. The number of amides is 1. The molecular weight excluding hydrogens is 520 g/mol. The van der Waals surface area contributed by atoms with E-state index < -0.39 is 35.1 Å². The molecular formula is C27H28ClF2N3O3S. The minimum absolute atomic E-state index is 0.0317. The summed E-state index contributed by atoms with van der Waals surface area (Å²) >= 11 is 11.6. The molecule has 0 bridgehead atoms. The van der Waals surface area contributed by atoms with Crippen LogP contribution in [0.3, 0.4) is 0 Å². The van der Waals surface area contributed by atoms with Gasteiger partial charge >= 0.3 is 5.97 Å². The van der Waals surface area contributed by atoms with Gasteiger partial charge in [0.05, 0.1) is 15.5 Å². The molecule has 1 amide bonds. The van der Waals surface area contributed by atoms with Crippen LogP contribution < -0.4 is 10.6 Å². The number of aliphatic carboxylic acids is 1. The van der Waals surface area contributed by atoms with E-state index in [1.54, 1.807) is 18.2 Å². The van der Waals surface area contributed by atoms with Gasteiger partial charge in [-0.3, -0.25) is 4.79 Å². The number of aromatic amines is 1. The number of benzene rings is 2. The van der Waals surface area contributed by atoms with Crippen molar-refractivity contribution >= 4 is 51.6 Å². The van der Waals surface area contributed by atoms with Crippen molar-refractivity contribution in [1.29, 1.82) is 0 Å². The van der Waals surface area contributed by atoms with Crippen LogP contribution in [-0.2, 0) is 28.9 Å². The summed E-state index contributed by atoms with van der Waals surface area (Å²) in [6.45, 7) is 3.77. The highest BCUT2D eigenvalue weighted by atomic mass is 35.5. The summed E-state index contributed by atoms with van der Waals surface area (Å²) in [5.41, 5.74) is 0.733. The Hall–Kier alpha value is -3.04. The largest absolute Gasteiger partial charge is 0.479 e. The lowest BCUT2D eigenvalue weighted by Gasteiger charge is -2.36. The smallest absolute Gasteiger partial charge is 0.329 e. The standard InChI is InChI=1S/C27H28ClF2N3O3S/c1-3-14(2)23(32-22(37)10-15-6-4-5-7-20(15)30)25(34)33-27(26(35)36)9-8-21-18(13-27)17-11-16(29)12-19(28)24(17)31-21/h4-7,11-12,14,23,31H,3,8-10,13H2,1-2H3,(H,32,37)(H,33,34)(H,35,36)/t14?,23?,27-/m1/s1. The van der Waals surface area contributed by atoms with E-state index >= 15 is 0 Å². The van der Waals surface area contributed by atoms with Crippen LogP contribution in [0.5, 0.6) is 0 Å². The molecule has 37 heavy (non-hydrogen) atoms. The van der Waals surface area contributed by atoms with Crippen LogP contribution in [0.25, 0.3) is 10.9 Å². The maximum Gasteiger partial charge on any atom is 0.329 e. The third kappa shape index (κ3) is 5.48. The van der Waals surface area contributed by atoms with Crippen molar-refractivity contribution in [2.24, 2.45) is 5.92 Å². The Morgan fingerprint density at radius 1 is 1.27 bits per heavy atom. The summed E-state index contributed by atoms with van der Waals surface area (Å²) in [5, 5.41) is 16.8. The molecule has 196 valence electrons. The first-order valence-corrected chi connectivity index (χ1v) is 12.9. The summed E-state index contributed by atoms with van der Waals surface area (Å²) in [6, 6.07) is 7.95. The molecule has 1 aliphatic carbocycles. The van der Waals surface area contributed by atoms with Gasteiger partial charge in [0, 0.05) is 23.9 Å². The SMILES string of the molecule is CCC(C)C(NC(=S)Cc1ccccc1F)C(=O)N[C@]1(C(=O)O)CCc2[nH]c3c(Cl)cc(F)cc3c2C1. The number of aromatic nitrogens is 1. The minimum Gasteiger partial charge on any atom is -0.479 e. The van der Waals surface area contributed by atoms with Gasteiger partial charge in [-0.05, 0) is 48.1 Å². The van der Waals surface area contributed by atoms with Crippen molar-refractivity contribution < 1.29 is 23.5 Å². The van der Waals surface area contributed by atoms with E-state index in [1.807, 2.05) is 13.8 Å². The van der Waals surface area contributed by atoms with Crippen LogP contribution in [0.2, 0.25) is 5.02 Å². The Labute approximate surface area is 223 Å². The number of carbonyl (C=O) groups excluding carboxylic acids is 1. The molecule has 1 aromatic heterocycles. The van der Waals surface area contributed by atoms with E-state index in [2.05, 4.69) is 15.6 Å². The zero-order valence-electron chi connectivity index (χ0n) is 20.5. The summed E-state index contributed by atoms with van der Waals surface area (Å²) < 4.78 is 28.2. The second-order valence-corrected chi connectivity index (χ2v) is 10.5. The van der Waals surface area contributed by atoms with Gasteiger partial charge in [0.25, 0.3) is 0 Å². The van der Waals surface area contributed by atoms with Crippen LogP contribution in [-0.4, -0.2) is 38.5 Å². The van der Waals surface area contributed by atoms with Crippen LogP contribution in [0.4, 0.5) is 8.78 Å². The van der Waals surface area contributed by atoms with Gasteiger partial charge < -0.3 is 20.7 Å². The molecule has 2 aromatic carbocycles. The van der Waals surface area contributed by atoms with E-state index in [-0.39, 0.29) is 35.2 Å². The zero-order chi connectivity index (χ0) is 26.9. The molecule has 0 aliphatic heterocycles. The molecule has 6 nitrogen and oxygen atoms in total. The topological polar surface area (TPSA) is 94.2 Å². The summed E-state index contributed by atoms with van der Waals surface area (Å²) in [5.74, 6) is -2.81. The molecule has 2 unspecified atom stereocenters. The average Bonchev–Trinajstić information content (AvgIpc) is 3.21. The quantitative estimate of drug-likeness (QED) is 0.294. The first-order valence-electron chi connectivity index (χ1n) is 12.1. The Bertz CT molecular complexity index is 1380. The number of hydrogen-bond acceptors (Lipinski definition) is 3. The Balaban J connectivity index is 1.59. The molecule has 3 aromatic rings. The minimum atomic E-state index is -1.60. The number of aryl methyl sites for hydroxylation is 1. The Morgan fingerprint density at radius 3 is 2.68 bits per heavy atom. The molecule has 10 heteroatoms. The lowest BCUT2D eigenvalue weighted by Crippen LogP contribution is -2.62. The molecule has 0 saturated carbocycles. The summed E-state index contributed by atoms with van der Waals surface area (Å²) in [7, 11) is 0. The predicted octanol–water partition coefficient (Wildman–Crippen LogP) is 5.10. The number of fused-ring (bicyclic) bond motifs is 3. The number of halogens is 3. The summed E-state index contributed by atoms with van der Waals surface area (Å²) in [6.07, 6.45) is 1.17. The van der Waals surface area contributed by atoms with Crippen LogP contribution >= 0.6 is 23.8 Å². The number of carboxylic acid groups (broad SMARTS) is 1. The van der Waals surface area contributed by atoms with Gasteiger partial charge in [-0.15, -0.1) is 0 Å². The lowest BCUT2D eigenvalue weighted by molar-refractivity contribution is -0.148. The number of thiocarbonyl (C=S) groups is 1. The van der Waals surface area contributed by atoms with Crippen molar-refractivity contribution in [3.63, 3.8) is 0 Å². The van der Waals surface area contributed by atoms with Gasteiger partial charge in [-0.25, -0.2) is 13.6 Å². The Morgan fingerprint density at radius 2 is 2.00 bits per heavy atom. The van der Waals surface area contributed by atoms with E-state index in [0.29, 0.717) is 34.9 Å². The van der Waals surface area contributed by atoms with Gasteiger partial charge in [0.15, 0.2) is 0 Å². The van der Waals surface area contributed by atoms with Crippen molar-refractivity contribution in [3.05, 3.63) is 69.9 Å². The number of carbonyl (C=O) groups is 2. The maximum absolute atomic E-state index is 14.1. The highest BCUT2D eigenvalue weighted by molar-refractivity contribution is 7.80. The fourth-order valence-corrected chi connectivity index (χ4v) is 5.40. The van der Waals surface area contributed by atoms with Crippen LogP contribution in [0.1, 0.15) is 43.5 Å². The predicted molar refractivity (Wildman–Crippen MR) is 143 cm³/mol. The molecule has 0 saturated heterocycles. The molecule has 4 rings (SSSR count). The van der Waals surface area contributed by atoms with Gasteiger partial charge in [-0.2, -0.15) is 0 Å². The second-order valence-electron chi connectivity index (χ2n) is 9.64. The molecule has 3 atom stereocenters. The van der Waals surface area contributed by atoms with Crippen molar-refractivity contribution in [2.75, 3.05) is 0 Å².